The van der Waals surface area contributed by atoms with E-state index in [1.807, 2.05) is 41.6 Å². The molecule has 1 unspecified atom stereocenters. The molecule has 160 valence electrons. The Hall–Kier alpha value is -3.29. The lowest BCUT2D eigenvalue weighted by Crippen LogP contribution is -2.48. The first-order chi connectivity index (χ1) is 15.0. The first kappa shape index (κ1) is 19.7. The van der Waals surface area contributed by atoms with E-state index in [1.54, 1.807) is 12.4 Å². The molecule has 1 aliphatic carbocycles. The van der Waals surface area contributed by atoms with Crippen LogP contribution in [0, 0.1) is 6.92 Å². The molecule has 0 radical (unpaired) electrons. The van der Waals surface area contributed by atoms with Crippen molar-refractivity contribution in [1.29, 1.82) is 0 Å². The largest absolute Gasteiger partial charge is 0.336 e. The lowest BCUT2D eigenvalue weighted by Gasteiger charge is -2.40. The number of carbonyl (C=O) groups excluding carboxylic acids is 1. The Balaban J connectivity index is 1.49. The fourth-order valence-corrected chi connectivity index (χ4v) is 5.09. The SMILES string of the molecule is CCn1nc(C(=O)N2CCCC3(CCc4c3nc(-c3cccnc3)[nH]c4=O)C2)cc1C. The maximum absolute atomic E-state index is 13.2. The lowest BCUT2D eigenvalue weighted by molar-refractivity contribution is 0.0626. The molecule has 5 rings (SSSR count). The lowest BCUT2D eigenvalue weighted by atomic mass is 9.77. The zero-order chi connectivity index (χ0) is 21.6. The molecule has 1 saturated heterocycles. The van der Waals surface area contributed by atoms with Crippen molar-refractivity contribution in [2.75, 3.05) is 13.1 Å². The first-order valence-electron chi connectivity index (χ1n) is 10.9. The van der Waals surface area contributed by atoms with Gasteiger partial charge in [-0.05, 0) is 57.7 Å². The van der Waals surface area contributed by atoms with Gasteiger partial charge in [0.25, 0.3) is 11.5 Å². The molecule has 2 aliphatic rings. The maximum atomic E-state index is 13.2. The number of hydrogen-bond donors (Lipinski definition) is 1. The third kappa shape index (κ3) is 3.26. The molecule has 0 saturated carbocycles. The topological polar surface area (TPSA) is 96.8 Å². The van der Waals surface area contributed by atoms with Gasteiger partial charge in [0.2, 0.25) is 0 Å². The number of amides is 1. The predicted octanol–water partition coefficient (Wildman–Crippen LogP) is 2.48. The summed E-state index contributed by atoms with van der Waals surface area (Å²) in [4.78, 5) is 39.9. The summed E-state index contributed by atoms with van der Waals surface area (Å²) in [6, 6.07) is 5.58. The van der Waals surface area contributed by atoms with Crippen molar-refractivity contribution in [2.45, 2.75) is 51.5 Å². The van der Waals surface area contributed by atoms with Gasteiger partial charge in [0.15, 0.2) is 5.69 Å². The van der Waals surface area contributed by atoms with Crippen LogP contribution < -0.4 is 5.56 Å². The molecular weight excluding hydrogens is 392 g/mol. The third-order valence-corrected chi connectivity index (χ3v) is 6.67. The molecule has 1 fully saturated rings. The zero-order valence-electron chi connectivity index (χ0n) is 17.9. The number of hydrogen-bond acceptors (Lipinski definition) is 5. The van der Waals surface area contributed by atoms with Gasteiger partial charge in [-0.2, -0.15) is 5.10 Å². The van der Waals surface area contributed by atoms with Crippen LogP contribution in [0.2, 0.25) is 0 Å². The number of pyridine rings is 1. The summed E-state index contributed by atoms with van der Waals surface area (Å²) >= 11 is 0. The van der Waals surface area contributed by atoms with Crippen molar-refractivity contribution in [3.05, 3.63) is 63.6 Å². The third-order valence-electron chi connectivity index (χ3n) is 6.67. The molecule has 3 aromatic rings. The summed E-state index contributed by atoms with van der Waals surface area (Å²) in [5.41, 5.74) is 3.51. The van der Waals surface area contributed by atoms with Crippen molar-refractivity contribution in [3.63, 3.8) is 0 Å². The summed E-state index contributed by atoms with van der Waals surface area (Å²) < 4.78 is 1.85. The Morgan fingerprint density at radius 3 is 2.94 bits per heavy atom. The number of rotatable bonds is 3. The van der Waals surface area contributed by atoms with E-state index in [9.17, 15) is 9.59 Å². The van der Waals surface area contributed by atoms with Crippen LogP contribution in [-0.4, -0.2) is 48.6 Å². The summed E-state index contributed by atoms with van der Waals surface area (Å²) in [6.45, 7) is 5.99. The molecule has 1 spiro atoms. The molecule has 8 heteroatoms. The molecule has 0 bridgehead atoms. The number of carbonyl (C=O) groups is 1. The molecule has 1 atom stereocenters. The van der Waals surface area contributed by atoms with E-state index in [0.29, 0.717) is 31.0 Å². The molecule has 31 heavy (non-hydrogen) atoms. The van der Waals surface area contributed by atoms with Gasteiger partial charge in [-0.25, -0.2) is 4.98 Å². The molecule has 4 heterocycles. The van der Waals surface area contributed by atoms with Crippen molar-refractivity contribution in [1.82, 2.24) is 29.6 Å². The van der Waals surface area contributed by atoms with Crippen LogP contribution in [0.25, 0.3) is 11.4 Å². The second-order valence-electron chi connectivity index (χ2n) is 8.58. The number of aromatic amines is 1. The van der Waals surface area contributed by atoms with Gasteiger partial charge < -0.3 is 9.88 Å². The van der Waals surface area contributed by atoms with Gasteiger partial charge in [-0.3, -0.25) is 19.3 Å². The van der Waals surface area contributed by atoms with Crippen LogP contribution in [0.5, 0.6) is 0 Å². The minimum absolute atomic E-state index is 0.0415. The van der Waals surface area contributed by atoms with Crippen molar-refractivity contribution < 1.29 is 4.79 Å². The standard InChI is InChI=1S/C23H26N6O2/c1-3-29-15(2)12-18(27-29)22(31)28-11-5-8-23(14-28)9-7-17-19(23)25-20(26-21(17)30)16-6-4-10-24-13-16/h4,6,10,12-13H,3,5,7-9,11,14H2,1-2H3,(H,25,26,30). The Morgan fingerprint density at radius 1 is 1.32 bits per heavy atom. The van der Waals surface area contributed by atoms with E-state index >= 15 is 0 Å². The molecular formula is C23H26N6O2. The summed E-state index contributed by atoms with van der Waals surface area (Å²) in [6.07, 6.45) is 6.74. The minimum atomic E-state index is -0.281. The fourth-order valence-electron chi connectivity index (χ4n) is 5.09. The van der Waals surface area contributed by atoms with Crippen LogP contribution in [0.4, 0.5) is 0 Å². The molecule has 1 amide bonds. The van der Waals surface area contributed by atoms with Crippen LogP contribution in [-0.2, 0) is 18.4 Å². The number of aryl methyl sites for hydroxylation is 2. The van der Waals surface area contributed by atoms with E-state index in [0.717, 1.165) is 48.3 Å². The summed E-state index contributed by atoms with van der Waals surface area (Å²) in [5, 5.41) is 4.48. The monoisotopic (exact) mass is 418 g/mol. The van der Waals surface area contributed by atoms with Gasteiger partial charge in [0.05, 0.1) is 5.69 Å². The Morgan fingerprint density at radius 2 is 2.19 bits per heavy atom. The van der Waals surface area contributed by atoms with Gasteiger partial charge in [-0.15, -0.1) is 0 Å². The van der Waals surface area contributed by atoms with Crippen molar-refractivity contribution >= 4 is 5.91 Å². The number of piperidine rings is 1. The highest BCUT2D eigenvalue weighted by Crippen LogP contribution is 2.43. The number of aromatic nitrogens is 5. The van der Waals surface area contributed by atoms with Gasteiger partial charge in [-0.1, -0.05) is 0 Å². The number of H-pyrrole nitrogens is 1. The molecule has 1 N–H and O–H groups in total. The fraction of sp³-hybridized carbons (Fsp3) is 0.435. The number of fused-ring (bicyclic) bond motifs is 2. The van der Waals surface area contributed by atoms with Gasteiger partial charge in [0.1, 0.15) is 5.82 Å². The second kappa shape index (κ2) is 7.44. The Kier molecular flexibility index (Phi) is 4.72. The number of nitrogens with one attached hydrogen (secondary N) is 1. The average Bonchev–Trinajstić information content (AvgIpc) is 3.34. The van der Waals surface area contributed by atoms with E-state index in [1.165, 1.54) is 0 Å². The highest BCUT2D eigenvalue weighted by Gasteiger charge is 2.46. The molecule has 1 aliphatic heterocycles. The molecule has 3 aromatic heterocycles. The van der Waals surface area contributed by atoms with E-state index in [-0.39, 0.29) is 16.9 Å². The van der Waals surface area contributed by atoms with Crippen molar-refractivity contribution in [2.24, 2.45) is 0 Å². The number of nitrogens with zero attached hydrogens (tertiary/aromatic N) is 5. The highest BCUT2D eigenvalue weighted by molar-refractivity contribution is 5.92. The first-order valence-corrected chi connectivity index (χ1v) is 10.9. The van der Waals surface area contributed by atoms with Gasteiger partial charge >= 0.3 is 0 Å². The predicted molar refractivity (Wildman–Crippen MR) is 116 cm³/mol. The van der Waals surface area contributed by atoms with Crippen LogP contribution in [0.3, 0.4) is 0 Å². The molecule has 0 aromatic carbocycles. The normalized spacial score (nSPS) is 20.3. The van der Waals surface area contributed by atoms with Crippen LogP contribution >= 0.6 is 0 Å². The summed E-state index contributed by atoms with van der Waals surface area (Å²) in [5.74, 6) is 0.499. The second-order valence-corrected chi connectivity index (χ2v) is 8.58. The van der Waals surface area contributed by atoms with Gasteiger partial charge in [0, 0.05) is 54.3 Å². The average molecular weight is 419 g/mol. The molecule has 8 nitrogen and oxygen atoms in total. The smallest absolute Gasteiger partial charge is 0.274 e. The quantitative estimate of drug-likeness (QED) is 0.705. The number of likely N-dealkylation sites (tertiary alicyclic amines) is 1. The minimum Gasteiger partial charge on any atom is -0.336 e. The van der Waals surface area contributed by atoms with E-state index in [4.69, 9.17) is 4.98 Å². The zero-order valence-corrected chi connectivity index (χ0v) is 17.9. The Bertz CT molecular complexity index is 1200. The van der Waals surface area contributed by atoms with E-state index in [2.05, 4.69) is 15.1 Å². The highest BCUT2D eigenvalue weighted by atomic mass is 16.2. The summed E-state index contributed by atoms with van der Waals surface area (Å²) in [7, 11) is 0. The Labute approximate surface area is 180 Å². The van der Waals surface area contributed by atoms with Crippen LogP contribution in [0.15, 0.2) is 35.4 Å². The van der Waals surface area contributed by atoms with Crippen LogP contribution in [0.1, 0.15) is 53.6 Å². The van der Waals surface area contributed by atoms with Crippen molar-refractivity contribution in [3.8, 4) is 11.4 Å². The van der Waals surface area contributed by atoms with E-state index < -0.39 is 0 Å². The maximum Gasteiger partial charge on any atom is 0.274 e.